The van der Waals surface area contributed by atoms with Crippen LogP contribution in [0.5, 0.6) is 11.6 Å². The first-order chi connectivity index (χ1) is 15.2. The van der Waals surface area contributed by atoms with Crippen LogP contribution < -0.4 is 4.74 Å². The number of piperazine rings is 1. The summed E-state index contributed by atoms with van der Waals surface area (Å²) < 4.78 is 6.98. The molecule has 0 spiro atoms. The second-order valence-electron chi connectivity index (χ2n) is 7.72. The van der Waals surface area contributed by atoms with E-state index in [9.17, 15) is 5.11 Å². The van der Waals surface area contributed by atoms with Gasteiger partial charge in [-0.2, -0.15) is 9.61 Å². The van der Waals surface area contributed by atoms with Crippen LogP contribution in [0.15, 0.2) is 60.9 Å². The Labute approximate surface area is 185 Å². The second-order valence-corrected chi connectivity index (χ2v) is 8.73. The van der Waals surface area contributed by atoms with Crippen molar-refractivity contribution in [1.29, 1.82) is 0 Å². The van der Waals surface area contributed by atoms with Gasteiger partial charge < -0.3 is 9.84 Å². The van der Waals surface area contributed by atoms with E-state index in [4.69, 9.17) is 4.74 Å². The van der Waals surface area contributed by atoms with Gasteiger partial charge in [0.05, 0.1) is 18.0 Å². The Morgan fingerprint density at radius 3 is 2.61 bits per heavy atom. The highest BCUT2D eigenvalue weighted by Crippen LogP contribution is 2.40. The average Bonchev–Trinajstić information content (AvgIpc) is 3.39. The standard InChI is InChI=1S/C23H25N5O2S/c1-30-19-9-5-8-18(14-19)20(21-22(29)28-23(31-21)24-16-25-28)27-12-10-26(11-13-27)15-17-6-3-2-4-7-17/h2-9,14,16,20,29H,10-13,15H2,1H3. The second kappa shape index (κ2) is 8.66. The number of aromatic nitrogens is 3. The molecule has 0 bridgehead atoms. The number of hydrogen-bond donors (Lipinski definition) is 1. The molecular formula is C23H25N5O2S. The lowest BCUT2D eigenvalue weighted by atomic mass is 10.0. The Kier molecular flexibility index (Phi) is 5.59. The fourth-order valence-electron chi connectivity index (χ4n) is 4.23. The zero-order valence-electron chi connectivity index (χ0n) is 17.4. The molecule has 2 aromatic heterocycles. The number of nitrogens with zero attached hydrogens (tertiary/aromatic N) is 5. The molecule has 8 heteroatoms. The number of methoxy groups -OCH3 is 1. The molecule has 1 aliphatic heterocycles. The molecule has 0 radical (unpaired) electrons. The van der Waals surface area contributed by atoms with E-state index in [0.717, 1.165) is 48.9 Å². The van der Waals surface area contributed by atoms with Crippen LogP contribution in [0.3, 0.4) is 0 Å². The smallest absolute Gasteiger partial charge is 0.230 e. The van der Waals surface area contributed by atoms with E-state index in [1.165, 1.54) is 27.7 Å². The van der Waals surface area contributed by atoms with Gasteiger partial charge in [-0.1, -0.05) is 53.8 Å². The minimum atomic E-state index is -0.0810. The zero-order chi connectivity index (χ0) is 21.2. The van der Waals surface area contributed by atoms with Gasteiger partial charge in [0.15, 0.2) is 0 Å². The Bertz CT molecular complexity index is 1150. The zero-order valence-corrected chi connectivity index (χ0v) is 18.2. The predicted octanol–water partition coefficient (Wildman–Crippen LogP) is 3.41. The molecule has 1 unspecified atom stereocenters. The third kappa shape index (κ3) is 4.01. The van der Waals surface area contributed by atoms with Crippen molar-refractivity contribution in [3.8, 4) is 11.6 Å². The summed E-state index contributed by atoms with van der Waals surface area (Å²) in [6.45, 7) is 4.71. The van der Waals surface area contributed by atoms with Crippen LogP contribution in [-0.2, 0) is 6.54 Å². The van der Waals surface area contributed by atoms with Crippen LogP contribution in [0.1, 0.15) is 22.0 Å². The van der Waals surface area contributed by atoms with Crippen LogP contribution in [0.25, 0.3) is 4.96 Å². The van der Waals surface area contributed by atoms with Crippen LogP contribution in [0.4, 0.5) is 0 Å². The van der Waals surface area contributed by atoms with Crippen molar-refractivity contribution >= 4 is 16.3 Å². The summed E-state index contributed by atoms with van der Waals surface area (Å²) >= 11 is 1.49. The number of benzene rings is 2. The molecule has 0 aliphatic carbocycles. The van der Waals surface area contributed by atoms with E-state index in [1.54, 1.807) is 7.11 Å². The number of fused-ring (bicyclic) bond motifs is 1. The summed E-state index contributed by atoms with van der Waals surface area (Å²) in [5.74, 6) is 0.973. The van der Waals surface area contributed by atoms with Crippen LogP contribution in [0.2, 0.25) is 0 Å². The molecule has 7 nitrogen and oxygen atoms in total. The third-order valence-corrected chi connectivity index (χ3v) is 6.90. The Morgan fingerprint density at radius 1 is 1.06 bits per heavy atom. The maximum absolute atomic E-state index is 10.9. The molecule has 1 fully saturated rings. The summed E-state index contributed by atoms with van der Waals surface area (Å²) in [5, 5.41) is 15.1. The van der Waals surface area contributed by atoms with Crippen molar-refractivity contribution in [2.75, 3.05) is 33.3 Å². The molecule has 0 saturated carbocycles. The molecule has 1 aliphatic rings. The fraction of sp³-hybridized carbons (Fsp3) is 0.304. The number of ether oxygens (including phenoxy) is 1. The highest BCUT2D eigenvalue weighted by Gasteiger charge is 2.31. The molecule has 31 heavy (non-hydrogen) atoms. The molecular weight excluding hydrogens is 410 g/mol. The molecule has 1 N–H and O–H groups in total. The lowest BCUT2D eigenvalue weighted by Gasteiger charge is -2.39. The van der Waals surface area contributed by atoms with E-state index >= 15 is 0 Å². The van der Waals surface area contributed by atoms with E-state index in [0.29, 0.717) is 4.96 Å². The normalized spacial score (nSPS) is 16.5. The lowest BCUT2D eigenvalue weighted by molar-refractivity contribution is 0.105. The van der Waals surface area contributed by atoms with Crippen LogP contribution in [-0.4, -0.2) is 62.8 Å². The largest absolute Gasteiger partial charge is 0.497 e. The fourth-order valence-corrected chi connectivity index (χ4v) is 5.32. The molecule has 1 saturated heterocycles. The summed E-state index contributed by atoms with van der Waals surface area (Å²) in [6.07, 6.45) is 1.47. The number of hydrogen-bond acceptors (Lipinski definition) is 7. The molecule has 0 amide bonds. The van der Waals surface area contributed by atoms with Gasteiger partial charge in [0.1, 0.15) is 12.1 Å². The summed E-state index contributed by atoms with van der Waals surface area (Å²) in [6, 6.07) is 18.6. The summed E-state index contributed by atoms with van der Waals surface area (Å²) in [5.41, 5.74) is 2.43. The van der Waals surface area contributed by atoms with Gasteiger partial charge in [-0.25, -0.2) is 4.98 Å². The first kappa shape index (κ1) is 20.0. The van der Waals surface area contributed by atoms with Gasteiger partial charge in [0.2, 0.25) is 10.8 Å². The van der Waals surface area contributed by atoms with Gasteiger partial charge in [-0.05, 0) is 23.3 Å². The van der Waals surface area contributed by atoms with E-state index in [1.807, 2.05) is 12.1 Å². The lowest BCUT2D eigenvalue weighted by Crippen LogP contribution is -2.47. The molecule has 2 aromatic carbocycles. The van der Waals surface area contributed by atoms with Crippen LogP contribution in [0, 0.1) is 0 Å². The summed E-state index contributed by atoms with van der Waals surface area (Å²) in [4.78, 5) is 10.7. The Morgan fingerprint density at radius 2 is 1.87 bits per heavy atom. The molecule has 5 rings (SSSR count). The average molecular weight is 436 g/mol. The minimum Gasteiger partial charge on any atom is -0.497 e. The van der Waals surface area contributed by atoms with Gasteiger partial charge in [0, 0.05) is 32.7 Å². The maximum atomic E-state index is 10.9. The van der Waals surface area contributed by atoms with Crippen molar-refractivity contribution in [3.63, 3.8) is 0 Å². The highest BCUT2D eigenvalue weighted by atomic mass is 32.1. The Balaban J connectivity index is 1.42. The van der Waals surface area contributed by atoms with Crippen molar-refractivity contribution < 1.29 is 9.84 Å². The van der Waals surface area contributed by atoms with Gasteiger partial charge >= 0.3 is 0 Å². The number of aromatic hydroxyl groups is 1. The topological polar surface area (TPSA) is 66.1 Å². The van der Waals surface area contributed by atoms with Crippen LogP contribution >= 0.6 is 11.3 Å². The highest BCUT2D eigenvalue weighted by molar-refractivity contribution is 7.17. The monoisotopic (exact) mass is 435 g/mol. The van der Waals surface area contributed by atoms with Gasteiger partial charge in [-0.3, -0.25) is 9.80 Å². The van der Waals surface area contributed by atoms with Crippen molar-refractivity contribution in [2.24, 2.45) is 0 Å². The number of thiazole rings is 1. The van der Waals surface area contributed by atoms with Crippen molar-refractivity contribution in [3.05, 3.63) is 76.9 Å². The third-order valence-electron chi connectivity index (χ3n) is 5.82. The van der Waals surface area contributed by atoms with E-state index in [2.05, 4.69) is 62.3 Å². The summed E-state index contributed by atoms with van der Waals surface area (Å²) in [7, 11) is 1.68. The van der Waals surface area contributed by atoms with Crippen molar-refractivity contribution in [2.45, 2.75) is 12.6 Å². The SMILES string of the molecule is COc1cccc(C(c2sc3ncnn3c2O)N2CCN(Cc3ccccc3)CC2)c1. The molecule has 4 aromatic rings. The minimum absolute atomic E-state index is 0.0810. The molecule has 160 valence electrons. The van der Waals surface area contributed by atoms with E-state index < -0.39 is 0 Å². The molecule has 3 heterocycles. The molecule has 1 atom stereocenters. The predicted molar refractivity (Wildman–Crippen MR) is 121 cm³/mol. The first-order valence-electron chi connectivity index (χ1n) is 10.4. The van der Waals surface area contributed by atoms with Gasteiger partial charge in [0.25, 0.3) is 0 Å². The van der Waals surface area contributed by atoms with Crippen molar-refractivity contribution in [1.82, 2.24) is 24.4 Å². The number of rotatable bonds is 6. The quantitative estimate of drug-likeness (QED) is 0.501. The Hall–Kier alpha value is -2.94. The van der Waals surface area contributed by atoms with E-state index in [-0.39, 0.29) is 11.9 Å². The van der Waals surface area contributed by atoms with Gasteiger partial charge in [-0.15, -0.1) is 0 Å². The first-order valence-corrected chi connectivity index (χ1v) is 11.2. The maximum Gasteiger partial charge on any atom is 0.230 e.